The molecule has 0 spiro atoms. The number of fused-ring (bicyclic) bond motifs is 1. The molecule has 0 saturated carbocycles. The summed E-state index contributed by atoms with van der Waals surface area (Å²) >= 11 is 5.84. The summed E-state index contributed by atoms with van der Waals surface area (Å²) in [5, 5.41) is 12.9. The SMILES string of the molecule is Cn1c(=O)n(C2(C#N)CCNCC2)c2nc(Cl)ncc21. The molecule has 0 bridgehead atoms. The molecule has 1 N–H and O–H groups in total. The van der Waals surface area contributed by atoms with E-state index in [1.165, 1.54) is 15.3 Å². The lowest BCUT2D eigenvalue weighted by atomic mass is 9.89. The third kappa shape index (κ3) is 1.72. The Labute approximate surface area is 119 Å². The van der Waals surface area contributed by atoms with Gasteiger partial charge in [0.1, 0.15) is 11.1 Å². The Morgan fingerprint density at radius 1 is 1.50 bits per heavy atom. The van der Waals surface area contributed by atoms with Gasteiger partial charge in [-0.1, -0.05) is 0 Å². The summed E-state index contributed by atoms with van der Waals surface area (Å²) in [5.74, 6) is 0. The second-order valence-electron chi connectivity index (χ2n) is 4.92. The van der Waals surface area contributed by atoms with Gasteiger partial charge in [-0.25, -0.2) is 9.78 Å². The van der Waals surface area contributed by atoms with E-state index in [9.17, 15) is 10.1 Å². The molecule has 1 fully saturated rings. The van der Waals surface area contributed by atoms with Gasteiger partial charge >= 0.3 is 5.69 Å². The van der Waals surface area contributed by atoms with Crippen LogP contribution in [-0.2, 0) is 12.6 Å². The van der Waals surface area contributed by atoms with Crippen LogP contribution in [0.5, 0.6) is 0 Å². The molecular weight excluding hydrogens is 280 g/mol. The van der Waals surface area contributed by atoms with E-state index >= 15 is 0 Å². The van der Waals surface area contributed by atoms with Crippen LogP contribution in [0.15, 0.2) is 11.0 Å². The first-order chi connectivity index (χ1) is 9.59. The van der Waals surface area contributed by atoms with Gasteiger partial charge in [-0.05, 0) is 37.5 Å². The summed E-state index contributed by atoms with van der Waals surface area (Å²) in [4.78, 5) is 20.6. The fourth-order valence-electron chi connectivity index (χ4n) is 2.70. The third-order valence-electron chi connectivity index (χ3n) is 3.84. The molecule has 2 aromatic heterocycles. The first kappa shape index (κ1) is 13.1. The monoisotopic (exact) mass is 292 g/mol. The lowest BCUT2D eigenvalue weighted by Crippen LogP contribution is -2.47. The second kappa shape index (κ2) is 4.58. The van der Waals surface area contributed by atoms with Crippen molar-refractivity contribution in [3.63, 3.8) is 0 Å². The Hall–Kier alpha value is -1.91. The van der Waals surface area contributed by atoms with Crippen molar-refractivity contribution >= 4 is 22.8 Å². The van der Waals surface area contributed by atoms with Crippen molar-refractivity contribution < 1.29 is 0 Å². The van der Waals surface area contributed by atoms with Crippen LogP contribution in [0.1, 0.15) is 12.8 Å². The van der Waals surface area contributed by atoms with Gasteiger partial charge in [0.15, 0.2) is 5.65 Å². The summed E-state index contributed by atoms with van der Waals surface area (Å²) in [5.41, 5.74) is -0.145. The van der Waals surface area contributed by atoms with Gasteiger partial charge in [0.2, 0.25) is 5.28 Å². The molecule has 1 aliphatic heterocycles. The maximum absolute atomic E-state index is 12.5. The molecular formula is C12H13ClN6O. The van der Waals surface area contributed by atoms with Crippen LogP contribution in [-0.4, -0.2) is 32.2 Å². The van der Waals surface area contributed by atoms with Crippen molar-refractivity contribution in [1.82, 2.24) is 24.4 Å². The topological polar surface area (TPSA) is 88.5 Å². The molecule has 20 heavy (non-hydrogen) atoms. The van der Waals surface area contributed by atoms with Gasteiger partial charge in [-0.15, -0.1) is 0 Å². The van der Waals surface area contributed by atoms with E-state index in [1.807, 2.05) is 0 Å². The van der Waals surface area contributed by atoms with Gasteiger partial charge in [0, 0.05) is 7.05 Å². The first-order valence-corrected chi connectivity index (χ1v) is 6.69. The summed E-state index contributed by atoms with van der Waals surface area (Å²) in [6, 6.07) is 2.31. The number of nitrogens with zero attached hydrogens (tertiary/aromatic N) is 5. The molecule has 0 aromatic carbocycles. The van der Waals surface area contributed by atoms with Crippen LogP contribution in [0.4, 0.5) is 0 Å². The maximum Gasteiger partial charge on any atom is 0.331 e. The Morgan fingerprint density at radius 3 is 2.85 bits per heavy atom. The number of aromatic nitrogens is 4. The fourth-order valence-corrected chi connectivity index (χ4v) is 2.83. The minimum absolute atomic E-state index is 0.0684. The van der Waals surface area contributed by atoms with E-state index in [0.29, 0.717) is 37.1 Å². The molecule has 0 amide bonds. The standard InChI is InChI=1S/C12H13ClN6O/c1-18-8-6-16-10(13)17-9(8)19(11(18)20)12(7-14)2-4-15-5-3-12/h6,15H,2-5H2,1H3. The summed E-state index contributed by atoms with van der Waals surface area (Å²) in [7, 11) is 1.64. The van der Waals surface area contributed by atoms with Crippen LogP contribution in [0.2, 0.25) is 5.28 Å². The lowest BCUT2D eigenvalue weighted by molar-refractivity contribution is 0.277. The molecule has 3 heterocycles. The van der Waals surface area contributed by atoms with Gasteiger partial charge in [0.05, 0.1) is 12.3 Å². The molecule has 0 atom stereocenters. The van der Waals surface area contributed by atoms with Gasteiger partial charge in [-0.2, -0.15) is 10.2 Å². The number of halogens is 1. The van der Waals surface area contributed by atoms with E-state index in [1.54, 1.807) is 7.05 Å². The molecule has 1 saturated heterocycles. The molecule has 104 valence electrons. The van der Waals surface area contributed by atoms with Crippen LogP contribution in [0.25, 0.3) is 11.2 Å². The molecule has 0 aliphatic carbocycles. The highest BCUT2D eigenvalue weighted by Crippen LogP contribution is 2.28. The van der Waals surface area contributed by atoms with Crippen molar-refractivity contribution in [2.45, 2.75) is 18.4 Å². The molecule has 3 rings (SSSR count). The number of hydrogen-bond acceptors (Lipinski definition) is 5. The smallest absolute Gasteiger partial charge is 0.316 e. The molecule has 0 unspecified atom stereocenters. The van der Waals surface area contributed by atoms with Gasteiger partial charge < -0.3 is 5.32 Å². The van der Waals surface area contributed by atoms with E-state index in [-0.39, 0.29) is 11.0 Å². The number of rotatable bonds is 1. The van der Waals surface area contributed by atoms with Crippen LogP contribution >= 0.6 is 11.6 Å². The van der Waals surface area contributed by atoms with Crippen molar-refractivity contribution in [2.24, 2.45) is 7.05 Å². The maximum atomic E-state index is 12.5. The number of nitriles is 1. The minimum Gasteiger partial charge on any atom is -0.316 e. The normalized spacial score (nSPS) is 18.1. The average molecular weight is 293 g/mol. The van der Waals surface area contributed by atoms with E-state index in [0.717, 1.165) is 0 Å². The van der Waals surface area contributed by atoms with Crippen molar-refractivity contribution in [1.29, 1.82) is 5.26 Å². The summed E-state index contributed by atoms with van der Waals surface area (Å²) in [6.07, 6.45) is 2.63. The third-order valence-corrected chi connectivity index (χ3v) is 4.02. The molecule has 1 aliphatic rings. The lowest BCUT2D eigenvalue weighted by Gasteiger charge is -2.31. The summed E-state index contributed by atoms with van der Waals surface area (Å²) in [6.45, 7) is 1.38. The predicted octanol–water partition coefficient (Wildman–Crippen LogP) is 0.386. The average Bonchev–Trinajstić information content (AvgIpc) is 2.71. The number of hydrogen-bond donors (Lipinski definition) is 1. The largest absolute Gasteiger partial charge is 0.331 e. The number of imidazole rings is 1. The highest BCUT2D eigenvalue weighted by Gasteiger charge is 2.38. The minimum atomic E-state index is -0.875. The highest BCUT2D eigenvalue weighted by atomic mass is 35.5. The van der Waals surface area contributed by atoms with Crippen LogP contribution < -0.4 is 11.0 Å². The zero-order chi connectivity index (χ0) is 14.3. The first-order valence-electron chi connectivity index (χ1n) is 6.31. The van der Waals surface area contributed by atoms with E-state index in [4.69, 9.17) is 11.6 Å². The van der Waals surface area contributed by atoms with E-state index in [2.05, 4.69) is 21.4 Å². The Bertz CT molecular complexity index is 765. The fraction of sp³-hybridized carbons (Fsp3) is 0.500. The van der Waals surface area contributed by atoms with E-state index < -0.39 is 5.54 Å². The van der Waals surface area contributed by atoms with Crippen molar-refractivity contribution in [2.75, 3.05) is 13.1 Å². The molecule has 7 nitrogen and oxygen atoms in total. The molecule has 8 heteroatoms. The second-order valence-corrected chi connectivity index (χ2v) is 5.26. The highest BCUT2D eigenvalue weighted by molar-refractivity contribution is 6.28. The van der Waals surface area contributed by atoms with Crippen LogP contribution in [0, 0.1) is 11.3 Å². The molecule has 0 radical (unpaired) electrons. The Kier molecular flexibility index (Phi) is 3.00. The van der Waals surface area contributed by atoms with Crippen molar-refractivity contribution in [3.05, 3.63) is 22.0 Å². The molecule has 2 aromatic rings. The zero-order valence-electron chi connectivity index (χ0n) is 10.9. The number of nitrogens with one attached hydrogen (secondary N) is 1. The Balaban J connectivity index is 2.35. The van der Waals surface area contributed by atoms with Crippen molar-refractivity contribution in [3.8, 4) is 6.07 Å². The number of piperidine rings is 1. The zero-order valence-corrected chi connectivity index (χ0v) is 11.7. The van der Waals surface area contributed by atoms with Crippen LogP contribution in [0.3, 0.4) is 0 Å². The Morgan fingerprint density at radius 2 is 2.20 bits per heavy atom. The predicted molar refractivity (Wildman–Crippen MR) is 73.5 cm³/mol. The summed E-state index contributed by atoms with van der Waals surface area (Å²) < 4.78 is 2.92. The quantitative estimate of drug-likeness (QED) is 0.768. The number of aryl methyl sites for hydroxylation is 1. The van der Waals surface area contributed by atoms with Gasteiger partial charge in [0.25, 0.3) is 0 Å². The van der Waals surface area contributed by atoms with Gasteiger partial charge in [-0.3, -0.25) is 9.13 Å².